The number of hydrogen-bond donors (Lipinski definition) is 1. The summed E-state index contributed by atoms with van der Waals surface area (Å²) in [6.07, 6.45) is 1.43. The second-order valence-corrected chi connectivity index (χ2v) is 11.8. The first-order valence-electron chi connectivity index (χ1n) is 12.8. The molecule has 4 rings (SSSR count). The Bertz CT molecular complexity index is 1670. The van der Waals surface area contributed by atoms with Crippen LogP contribution in [-0.4, -0.2) is 41.3 Å². The molecule has 0 heterocycles. The molecule has 0 aliphatic carbocycles. The van der Waals surface area contributed by atoms with E-state index < -0.39 is 22.5 Å². The number of sulfonamides is 1. The van der Waals surface area contributed by atoms with Crippen molar-refractivity contribution < 1.29 is 27.4 Å². The number of amides is 1. The van der Waals surface area contributed by atoms with Crippen molar-refractivity contribution in [2.24, 2.45) is 5.10 Å². The lowest BCUT2D eigenvalue weighted by Gasteiger charge is -2.25. The molecule has 218 valence electrons. The van der Waals surface area contributed by atoms with E-state index in [9.17, 15) is 13.2 Å². The summed E-state index contributed by atoms with van der Waals surface area (Å²) in [5.41, 5.74) is 5.07. The smallest absolute Gasteiger partial charge is 0.264 e. The molecule has 4 aromatic rings. The third-order valence-electron chi connectivity index (χ3n) is 6.10. The summed E-state index contributed by atoms with van der Waals surface area (Å²) < 4.78 is 45.8. The second kappa shape index (κ2) is 14.0. The average Bonchev–Trinajstić information content (AvgIpc) is 3.00. The van der Waals surface area contributed by atoms with E-state index in [0.29, 0.717) is 33.9 Å². The molecule has 0 spiro atoms. The van der Waals surface area contributed by atoms with Crippen LogP contribution in [0.5, 0.6) is 17.2 Å². The van der Waals surface area contributed by atoms with Crippen LogP contribution >= 0.6 is 15.9 Å². The monoisotopic (exact) mass is 651 g/mol. The fourth-order valence-corrected chi connectivity index (χ4v) is 6.06. The Morgan fingerprint density at radius 1 is 0.929 bits per heavy atom. The van der Waals surface area contributed by atoms with E-state index in [1.54, 1.807) is 48.5 Å². The molecule has 0 bridgehead atoms. The predicted octanol–water partition coefficient (Wildman–Crippen LogP) is 5.70. The number of hydrazone groups is 1. The number of halogens is 1. The third kappa shape index (κ3) is 7.48. The Labute approximate surface area is 253 Å². The van der Waals surface area contributed by atoms with Gasteiger partial charge in [-0.25, -0.2) is 13.8 Å². The predicted molar refractivity (Wildman–Crippen MR) is 166 cm³/mol. The SMILES string of the molecule is COc1ccc(C)cc1N(CC(=O)N/N=C\c1cc(Br)c(OCc2ccccc2)c(OC)c1)S(=O)(=O)c1ccccc1. The minimum atomic E-state index is -4.12. The summed E-state index contributed by atoms with van der Waals surface area (Å²) in [6, 6.07) is 26.2. The molecular weight excluding hydrogens is 622 g/mol. The van der Waals surface area contributed by atoms with Gasteiger partial charge < -0.3 is 14.2 Å². The van der Waals surface area contributed by atoms with E-state index in [1.807, 2.05) is 37.3 Å². The fraction of sp³-hybridized carbons (Fsp3) is 0.161. The van der Waals surface area contributed by atoms with E-state index in [1.165, 1.54) is 32.6 Å². The summed E-state index contributed by atoms with van der Waals surface area (Å²) in [5.74, 6) is 0.655. The van der Waals surface area contributed by atoms with Crippen LogP contribution in [0.4, 0.5) is 5.69 Å². The van der Waals surface area contributed by atoms with Crippen molar-refractivity contribution in [3.05, 3.63) is 112 Å². The Balaban J connectivity index is 1.53. The van der Waals surface area contributed by atoms with Crippen molar-refractivity contribution in [1.29, 1.82) is 0 Å². The molecule has 0 radical (unpaired) electrons. The molecule has 4 aromatic carbocycles. The van der Waals surface area contributed by atoms with Gasteiger partial charge in [-0.1, -0.05) is 54.6 Å². The van der Waals surface area contributed by atoms with Gasteiger partial charge in [0.1, 0.15) is 18.9 Å². The van der Waals surface area contributed by atoms with Gasteiger partial charge in [-0.2, -0.15) is 5.10 Å². The van der Waals surface area contributed by atoms with Gasteiger partial charge in [-0.3, -0.25) is 9.10 Å². The highest BCUT2D eigenvalue weighted by molar-refractivity contribution is 9.10. The second-order valence-electron chi connectivity index (χ2n) is 9.10. The summed E-state index contributed by atoms with van der Waals surface area (Å²) >= 11 is 3.52. The maximum absolute atomic E-state index is 13.6. The van der Waals surface area contributed by atoms with Gasteiger partial charge in [-0.15, -0.1) is 0 Å². The summed E-state index contributed by atoms with van der Waals surface area (Å²) in [7, 11) is -1.15. The zero-order valence-electron chi connectivity index (χ0n) is 23.3. The lowest BCUT2D eigenvalue weighted by atomic mass is 10.2. The lowest BCUT2D eigenvalue weighted by Crippen LogP contribution is -2.39. The van der Waals surface area contributed by atoms with Crippen LogP contribution < -0.4 is 23.9 Å². The number of hydrogen-bond acceptors (Lipinski definition) is 7. The van der Waals surface area contributed by atoms with Crippen molar-refractivity contribution in [2.75, 3.05) is 25.1 Å². The molecule has 0 aliphatic rings. The summed E-state index contributed by atoms with van der Waals surface area (Å²) in [4.78, 5) is 13.1. The zero-order valence-corrected chi connectivity index (χ0v) is 25.7. The van der Waals surface area contributed by atoms with Gasteiger partial charge in [0.05, 0.1) is 35.5 Å². The number of nitrogens with one attached hydrogen (secondary N) is 1. The van der Waals surface area contributed by atoms with E-state index in [4.69, 9.17) is 14.2 Å². The highest BCUT2D eigenvalue weighted by Crippen LogP contribution is 2.37. The molecule has 0 aromatic heterocycles. The lowest BCUT2D eigenvalue weighted by molar-refractivity contribution is -0.119. The first kappa shape index (κ1) is 30.6. The van der Waals surface area contributed by atoms with Gasteiger partial charge in [-0.05, 0) is 75.9 Å². The quantitative estimate of drug-likeness (QED) is 0.156. The molecule has 0 fully saturated rings. The average molecular weight is 653 g/mol. The molecule has 1 amide bonds. The molecule has 0 saturated carbocycles. The van der Waals surface area contributed by atoms with Crippen LogP contribution in [0.1, 0.15) is 16.7 Å². The van der Waals surface area contributed by atoms with Gasteiger partial charge in [0.2, 0.25) is 0 Å². The molecule has 0 saturated heterocycles. The number of methoxy groups -OCH3 is 2. The Morgan fingerprint density at radius 2 is 1.60 bits per heavy atom. The number of anilines is 1. The van der Waals surface area contributed by atoms with Crippen LogP contribution in [0.3, 0.4) is 0 Å². The summed E-state index contributed by atoms with van der Waals surface area (Å²) in [6.45, 7) is 1.64. The van der Waals surface area contributed by atoms with Crippen LogP contribution in [0.15, 0.2) is 105 Å². The van der Waals surface area contributed by atoms with E-state index in [0.717, 1.165) is 15.4 Å². The molecule has 1 N–H and O–H groups in total. The first-order valence-corrected chi connectivity index (χ1v) is 15.0. The van der Waals surface area contributed by atoms with Crippen LogP contribution in [0.25, 0.3) is 0 Å². The van der Waals surface area contributed by atoms with Crippen LogP contribution in [0, 0.1) is 6.92 Å². The Morgan fingerprint density at radius 3 is 2.26 bits per heavy atom. The number of ether oxygens (including phenoxy) is 3. The van der Waals surface area contributed by atoms with Gasteiger partial charge in [0, 0.05) is 0 Å². The topological polar surface area (TPSA) is 107 Å². The number of aryl methyl sites for hydroxylation is 1. The number of benzene rings is 4. The number of carbonyl (C=O) groups excluding carboxylic acids is 1. The molecule has 0 atom stereocenters. The molecule has 0 aliphatic heterocycles. The first-order chi connectivity index (χ1) is 20.2. The minimum absolute atomic E-state index is 0.0383. The Kier molecular flexibility index (Phi) is 10.2. The highest BCUT2D eigenvalue weighted by Gasteiger charge is 2.29. The summed E-state index contributed by atoms with van der Waals surface area (Å²) in [5, 5.41) is 4.05. The molecular formula is C31H30BrN3O6S. The van der Waals surface area contributed by atoms with E-state index in [2.05, 4.69) is 26.5 Å². The van der Waals surface area contributed by atoms with Gasteiger partial charge >= 0.3 is 0 Å². The zero-order chi connectivity index (χ0) is 30.1. The van der Waals surface area contributed by atoms with Crippen molar-refractivity contribution >= 4 is 43.8 Å². The van der Waals surface area contributed by atoms with E-state index >= 15 is 0 Å². The molecule has 11 heteroatoms. The largest absolute Gasteiger partial charge is 0.495 e. The van der Waals surface area contributed by atoms with Crippen LogP contribution in [0.2, 0.25) is 0 Å². The van der Waals surface area contributed by atoms with Crippen molar-refractivity contribution in [3.63, 3.8) is 0 Å². The fourth-order valence-electron chi connectivity index (χ4n) is 4.04. The van der Waals surface area contributed by atoms with Gasteiger partial charge in [0.15, 0.2) is 11.5 Å². The maximum atomic E-state index is 13.6. The molecule has 0 unspecified atom stereocenters. The normalized spacial score (nSPS) is 11.2. The number of carbonyl (C=O) groups is 1. The van der Waals surface area contributed by atoms with E-state index in [-0.39, 0.29) is 10.6 Å². The maximum Gasteiger partial charge on any atom is 0.264 e. The van der Waals surface area contributed by atoms with Crippen LogP contribution in [-0.2, 0) is 21.4 Å². The highest BCUT2D eigenvalue weighted by atomic mass is 79.9. The molecule has 42 heavy (non-hydrogen) atoms. The van der Waals surface area contributed by atoms with Crippen molar-refractivity contribution in [3.8, 4) is 17.2 Å². The van der Waals surface area contributed by atoms with Crippen molar-refractivity contribution in [2.45, 2.75) is 18.4 Å². The third-order valence-corrected chi connectivity index (χ3v) is 8.47. The molecule has 9 nitrogen and oxygen atoms in total. The minimum Gasteiger partial charge on any atom is -0.495 e. The van der Waals surface area contributed by atoms with Gasteiger partial charge in [0.25, 0.3) is 15.9 Å². The standard InChI is InChI=1S/C31H30BrN3O6S/c1-22-14-15-28(39-2)27(16-22)35(42(37,38)25-12-8-5-9-13-25)20-30(36)34-33-19-24-17-26(32)31(29(18-24)40-3)41-21-23-10-6-4-7-11-23/h4-19H,20-21H2,1-3H3,(H,34,36)/b33-19-. The Hall–Kier alpha value is -4.35. The number of rotatable bonds is 12. The van der Waals surface area contributed by atoms with Crippen molar-refractivity contribution in [1.82, 2.24) is 5.43 Å². The number of nitrogens with zero attached hydrogens (tertiary/aromatic N) is 2.